The van der Waals surface area contributed by atoms with E-state index in [2.05, 4.69) is 23.9 Å². The van der Waals surface area contributed by atoms with Gasteiger partial charge in [-0.05, 0) is 42.2 Å². The van der Waals surface area contributed by atoms with Gasteiger partial charge in [0, 0.05) is 5.56 Å². The van der Waals surface area contributed by atoms with Gasteiger partial charge in [0.15, 0.2) is 17.3 Å². The van der Waals surface area contributed by atoms with Crippen molar-refractivity contribution in [2.45, 2.75) is 20.8 Å². The number of nitrogens with zero attached hydrogens (tertiary/aromatic N) is 3. The van der Waals surface area contributed by atoms with Crippen LogP contribution in [0.25, 0.3) is 22.4 Å². The maximum Gasteiger partial charge on any atom is 0.291 e. The Bertz CT molecular complexity index is 1310. The lowest BCUT2D eigenvalue weighted by Gasteiger charge is -2.12. The van der Waals surface area contributed by atoms with E-state index >= 15 is 0 Å². The number of hydrogen-bond donors (Lipinski definition) is 0. The fourth-order valence-electron chi connectivity index (χ4n) is 3.07. The van der Waals surface area contributed by atoms with E-state index in [9.17, 15) is 4.79 Å². The number of thiazole rings is 1. The number of aromatic nitrogens is 3. The largest absolute Gasteiger partial charge is 0.493 e. The molecular formula is C23H23N3O3S. The first-order chi connectivity index (χ1) is 14.5. The molecule has 0 aliphatic carbocycles. The molecule has 0 spiro atoms. The van der Waals surface area contributed by atoms with Crippen LogP contribution in [0.1, 0.15) is 25.0 Å². The van der Waals surface area contributed by atoms with Gasteiger partial charge < -0.3 is 9.47 Å². The van der Waals surface area contributed by atoms with Crippen molar-refractivity contribution in [3.05, 3.63) is 68.5 Å². The zero-order chi connectivity index (χ0) is 21.3. The molecule has 2 aromatic carbocycles. The SMILES string of the molecule is COc1cc(C=c2sc3nc(-c4ccccc4C)nn3c2=O)ccc1OCC(C)C. The summed E-state index contributed by atoms with van der Waals surface area (Å²) >= 11 is 1.32. The highest BCUT2D eigenvalue weighted by Crippen LogP contribution is 2.29. The standard InChI is InChI=1S/C23H23N3O3S/c1-14(2)13-29-18-10-9-16(11-19(18)28-4)12-20-22(27)26-23(30-20)24-21(25-26)17-8-6-5-7-15(17)3/h5-12,14H,13H2,1-4H3. The Balaban J connectivity index is 1.70. The van der Waals surface area contributed by atoms with E-state index < -0.39 is 0 Å². The molecule has 30 heavy (non-hydrogen) atoms. The Morgan fingerprint density at radius 1 is 1.17 bits per heavy atom. The molecule has 154 valence electrons. The molecule has 0 bridgehead atoms. The second-order valence-electron chi connectivity index (χ2n) is 7.48. The van der Waals surface area contributed by atoms with Gasteiger partial charge in [0.2, 0.25) is 4.96 Å². The first kappa shape index (κ1) is 20.1. The number of ether oxygens (including phenoxy) is 2. The third-order valence-corrected chi connectivity index (χ3v) is 5.58. The molecule has 7 heteroatoms. The van der Waals surface area contributed by atoms with Gasteiger partial charge in [0.05, 0.1) is 18.2 Å². The summed E-state index contributed by atoms with van der Waals surface area (Å²) in [5, 5.41) is 4.43. The predicted molar refractivity (Wildman–Crippen MR) is 119 cm³/mol. The highest BCUT2D eigenvalue weighted by molar-refractivity contribution is 7.15. The van der Waals surface area contributed by atoms with Crippen molar-refractivity contribution in [3.8, 4) is 22.9 Å². The molecule has 0 unspecified atom stereocenters. The van der Waals surface area contributed by atoms with E-state index in [1.54, 1.807) is 7.11 Å². The van der Waals surface area contributed by atoms with Crippen LogP contribution in [0, 0.1) is 12.8 Å². The molecule has 0 N–H and O–H groups in total. The predicted octanol–water partition coefficient (Wildman–Crippen LogP) is 3.72. The molecule has 6 nitrogen and oxygen atoms in total. The Morgan fingerprint density at radius 2 is 1.97 bits per heavy atom. The highest BCUT2D eigenvalue weighted by atomic mass is 32.1. The van der Waals surface area contributed by atoms with Crippen molar-refractivity contribution in [1.29, 1.82) is 0 Å². The molecule has 4 rings (SSSR count). The van der Waals surface area contributed by atoms with Crippen LogP contribution in [0.5, 0.6) is 11.5 Å². The fourth-order valence-corrected chi connectivity index (χ4v) is 3.98. The van der Waals surface area contributed by atoms with E-state index in [4.69, 9.17) is 9.47 Å². The molecule has 2 aromatic heterocycles. The number of methoxy groups -OCH3 is 1. The lowest BCUT2D eigenvalue weighted by atomic mass is 10.1. The highest BCUT2D eigenvalue weighted by Gasteiger charge is 2.13. The van der Waals surface area contributed by atoms with E-state index in [-0.39, 0.29) is 5.56 Å². The van der Waals surface area contributed by atoms with E-state index in [0.717, 1.165) is 16.7 Å². The summed E-state index contributed by atoms with van der Waals surface area (Å²) in [4.78, 5) is 18.0. The number of aryl methyl sites for hydroxylation is 1. The molecule has 0 radical (unpaired) electrons. The van der Waals surface area contributed by atoms with Crippen LogP contribution in [0.4, 0.5) is 0 Å². The molecule has 0 atom stereocenters. The number of benzene rings is 2. The minimum Gasteiger partial charge on any atom is -0.493 e. The zero-order valence-electron chi connectivity index (χ0n) is 17.4. The van der Waals surface area contributed by atoms with Crippen molar-refractivity contribution >= 4 is 22.4 Å². The van der Waals surface area contributed by atoms with Crippen molar-refractivity contribution in [2.24, 2.45) is 5.92 Å². The minimum absolute atomic E-state index is 0.179. The Morgan fingerprint density at radius 3 is 2.67 bits per heavy atom. The Kier molecular flexibility index (Phi) is 5.55. The smallest absolute Gasteiger partial charge is 0.291 e. The van der Waals surface area contributed by atoms with Gasteiger partial charge in [-0.2, -0.15) is 9.50 Å². The van der Waals surface area contributed by atoms with Crippen LogP contribution in [-0.2, 0) is 0 Å². The summed E-state index contributed by atoms with van der Waals surface area (Å²) in [7, 11) is 1.61. The van der Waals surface area contributed by atoms with Crippen LogP contribution in [0.2, 0.25) is 0 Å². The molecule has 4 aromatic rings. The van der Waals surface area contributed by atoms with E-state index in [1.165, 1.54) is 15.9 Å². The molecule has 0 fully saturated rings. The van der Waals surface area contributed by atoms with Crippen LogP contribution in [0.3, 0.4) is 0 Å². The summed E-state index contributed by atoms with van der Waals surface area (Å²) in [6, 6.07) is 13.5. The van der Waals surface area contributed by atoms with Gasteiger partial charge in [-0.25, -0.2) is 0 Å². The monoisotopic (exact) mass is 421 g/mol. The normalized spacial score (nSPS) is 12.1. The quantitative estimate of drug-likeness (QED) is 0.475. The van der Waals surface area contributed by atoms with Crippen LogP contribution in [-0.4, -0.2) is 28.3 Å². The summed E-state index contributed by atoms with van der Waals surface area (Å²) in [6.07, 6.45) is 1.82. The molecule has 0 aliphatic rings. The third kappa shape index (κ3) is 3.93. The average molecular weight is 422 g/mol. The van der Waals surface area contributed by atoms with Crippen LogP contribution >= 0.6 is 11.3 Å². The second kappa shape index (κ2) is 8.28. The van der Waals surface area contributed by atoms with Gasteiger partial charge in [-0.15, -0.1) is 5.10 Å². The van der Waals surface area contributed by atoms with Gasteiger partial charge in [-0.3, -0.25) is 4.79 Å². The maximum absolute atomic E-state index is 12.8. The summed E-state index contributed by atoms with van der Waals surface area (Å²) < 4.78 is 13.2. The minimum atomic E-state index is -0.179. The first-order valence-electron chi connectivity index (χ1n) is 9.74. The van der Waals surface area contributed by atoms with Crippen molar-refractivity contribution in [1.82, 2.24) is 14.6 Å². The van der Waals surface area contributed by atoms with Crippen molar-refractivity contribution < 1.29 is 9.47 Å². The molecule has 0 amide bonds. The number of rotatable bonds is 6. The molecular weight excluding hydrogens is 398 g/mol. The lowest BCUT2D eigenvalue weighted by Crippen LogP contribution is -2.23. The summed E-state index contributed by atoms with van der Waals surface area (Å²) in [5.41, 5.74) is 2.67. The third-order valence-electron chi connectivity index (χ3n) is 4.63. The van der Waals surface area contributed by atoms with Gasteiger partial charge in [0.1, 0.15) is 0 Å². The number of fused-ring (bicyclic) bond motifs is 1. The van der Waals surface area contributed by atoms with Crippen molar-refractivity contribution in [2.75, 3.05) is 13.7 Å². The fraction of sp³-hybridized carbons (Fsp3) is 0.261. The molecule has 0 saturated heterocycles. The summed E-state index contributed by atoms with van der Waals surface area (Å²) in [6.45, 7) is 6.80. The molecule has 0 aliphatic heterocycles. The Hall–Kier alpha value is -3.19. The summed E-state index contributed by atoms with van der Waals surface area (Å²) in [5.74, 6) is 2.31. The lowest BCUT2D eigenvalue weighted by molar-refractivity contribution is 0.257. The average Bonchev–Trinajstić information content (AvgIpc) is 3.26. The Labute approximate surface area is 178 Å². The maximum atomic E-state index is 12.8. The van der Waals surface area contributed by atoms with E-state index in [1.807, 2.05) is 55.5 Å². The molecule has 2 heterocycles. The second-order valence-corrected chi connectivity index (χ2v) is 8.48. The van der Waals surface area contributed by atoms with Gasteiger partial charge in [0.25, 0.3) is 5.56 Å². The first-order valence-corrected chi connectivity index (χ1v) is 10.6. The number of hydrogen-bond acceptors (Lipinski definition) is 6. The topological polar surface area (TPSA) is 65.7 Å². The zero-order valence-corrected chi connectivity index (χ0v) is 18.2. The van der Waals surface area contributed by atoms with Gasteiger partial charge in [-0.1, -0.05) is 55.5 Å². The van der Waals surface area contributed by atoms with Crippen LogP contribution in [0.15, 0.2) is 47.3 Å². The van der Waals surface area contributed by atoms with E-state index in [0.29, 0.717) is 39.3 Å². The molecule has 0 saturated carbocycles. The van der Waals surface area contributed by atoms with Crippen LogP contribution < -0.4 is 19.6 Å². The van der Waals surface area contributed by atoms with Crippen molar-refractivity contribution in [3.63, 3.8) is 0 Å². The van der Waals surface area contributed by atoms with Gasteiger partial charge >= 0.3 is 0 Å².